The minimum atomic E-state index is -0.434. The number of carbonyl (C=O) groups excluding carboxylic acids is 1. The molecule has 1 amide bonds. The molecular weight excluding hydrogens is 353 g/mol. The van der Waals surface area contributed by atoms with Crippen LogP contribution in [-0.2, 0) is 0 Å². The van der Waals surface area contributed by atoms with Gasteiger partial charge in [-0.2, -0.15) is 14.5 Å². The van der Waals surface area contributed by atoms with Crippen LogP contribution in [0.3, 0.4) is 0 Å². The first-order valence-corrected chi connectivity index (χ1v) is 8.49. The molecule has 2 aromatic carbocycles. The number of nitrogens with one attached hydrogen (secondary N) is 1. The van der Waals surface area contributed by atoms with E-state index in [0.717, 1.165) is 17.1 Å². The number of nitrogens with zero attached hydrogens (tertiary/aromatic N) is 4. The van der Waals surface area contributed by atoms with Crippen molar-refractivity contribution >= 4 is 22.6 Å². The number of benzene rings is 2. The molecule has 0 unspecified atom stereocenters. The average Bonchev–Trinajstić information content (AvgIpc) is 3.33. The molecule has 128 valence electrons. The summed E-state index contributed by atoms with van der Waals surface area (Å²) in [5.41, 5.74) is 1.30. The molecule has 26 heavy (non-hydrogen) atoms. The molecular formula is C18H12FN5OS. The van der Waals surface area contributed by atoms with Crippen molar-refractivity contribution < 1.29 is 9.18 Å². The van der Waals surface area contributed by atoms with Crippen molar-refractivity contribution in [1.29, 1.82) is 0 Å². The summed E-state index contributed by atoms with van der Waals surface area (Å²) in [5, 5.41) is 7.16. The summed E-state index contributed by atoms with van der Waals surface area (Å²) in [7, 11) is 0. The van der Waals surface area contributed by atoms with Gasteiger partial charge in [-0.25, -0.2) is 9.07 Å². The molecule has 0 atom stereocenters. The Morgan fingerprint density at radius 3 is 2.62 bits per heavy atom. The molecule has 2 aromatic heterocycles. The first-order chi connectivity index (χ1) is 12.7. The first-order valence-electron chi connectivity index (χ1n) is 7.72. The number of carbonyl (C=O) groups is 1. The highest BCUT2D eigenvalue weighted by Gasteiger charge is 2.14. The van der Waals surface area contributed by atoms with Crippen molar-refractivity contribution in [1.82, 2.24) is 19.1 Å². The van der Waals surface area contributed by atoms with Gasteiger partial charge in [-0.15, -0.1) is 0 Å². The minimum Gasteiger partial charge on any atom is -0.295 e. The molecule has 0 spiro atoms. The van der Waals surface area contributed by atoms with Gasteiger partial charge in [0.05, 0.1) is 0 Å². The van der Waals surface area contributed by atoms with Crippen molar-refractivity contribution in [2.24, 2.45) is 0 Å². The number of halogens is 1. The van der Waals surface area contributed by atoms with Gasteiger partial charge in [-0.3, -0.25) is 10.1 Å². The first kappa shape index (κ1) is 16.1. The Bertz CT molecular complexity index is 1060. The third-order valence-electron chi connectivity index (χ3n) is 3.60. The Morgan fingerprint density at radius 1 is 1.04 bits per heavy atom. The van der Waals surface area contributed by atoms with Gasteiger partial charge in [-0.1, -0.05) is 42.5 Å². The molecule has 0 saturated carbocycles. The average molecular weight is 365 g/mol. The zero-order valence-corrected chi connectivity index (χ0v) is 14.2. The number of para-hydroxylation sites is 1. The van der Waals surface area contributed by atoms with Crippen LogP contribution < -0.4 is 5.32 Å². The maximum absolute atomic E-state index is 13.8. The van der Waals surface area contributed by atoms with Gasteiger partial charge in [0.15, 0.2) is 11.5 Å². The van der Waals surface area contributed by atoms with Crippen LogP contribution in [0.5, 0.6) is 0 Å². The number of hydrogen-bond donors (Lipinski definition) is 1. The zero-order valence-electron chi connectivity index (χ0n) is 13.3. The van der Waals surface area contributed by atoms with Crippen LogP contribution in [0.25, 0.3) is 17.1 Å². The molecule has 0 bridgehead atoms. The van der Waals surface area contributed by atoms with Gasteiger partial charge < -0.3 is 0 Å². The number of hydrogen-bond acceptors (Lipinski definition) is 5. The quantitative estimate of drug-likeness (QED) is 0.597. The van der Waals surface area contributed by atoms with Crippen molar-refractivity contribution in [3.05, 3.63) is 78.4 Å². The highest BCUT2D eigenvalue weighted by atomic mass is 32.1. The molecule has 4 rings (SSSR count). The van der Waals surface area contributed by atoms with Crippen LogP contribution in [0.2, 0.25) is 0 Å². The van der Waals surface area contributed by atoms with Crippen molar-refractivity contribution in [2.45, 2.75) is 0 Å². The molecule has 1 N–H and O–H groups in total. The van der Waals surface area contributed by atoms with Gasteiger partial charge in [-0.05, 0) is 18.2 Å². The summed E-state index contributed by atoms with van der Waals surface area (Å²) < 4.78 is 19.4. The maximum Gasteiger partial charge on any atom is 0.277 e. The standard InChI is InChI=1S/C18H12FN5OS/c19-13-8-4-5-9-15(13)24-11-10-14(22-24)17(25)21-18-20-16(23-26-18)12-6-2-1-3-7-12/h1-11H,(H,20,21,23,25). The summed E-state index contributed by atoms with van der Waals surface area (Å²) in [5.74, 6) is -0.308. The van der Waals surface area contributed by atoms with Gasteiger partial charge in [0.1, 0.15) is 11.5 Å². The fourth-order valence-electron chi connectivity index (χ4n) is 2.36. The Morgan fingerprint density at radius 2 is 1.81 bits per heavy atom. The van der Waals surface area contributed by atoms with E-state index in [2.05, 4.69) is 19.8 Å². The fraction of sp³-hybridized carbons (Fsp3) is 0. The Balaban J connectivity index is 1.51. The molecule has 0 aliphatic rings. The lowest BCUT2D eigenvalue weighted by molar-refractivity contribution is 0.102. The molecule has 6 nitrogen and oxygen atoms in total. The predicted octanol–water partition coefficient (Wildman–Crippen LogP) is 3.78. The maximum atomic E-state index is 13.8. The second-order valence-corrected chi connectivity index (χ2v) is 6.09. The minimum absolute atomic E-state index is 0.157. The number of aromatic nitrogens is 4. The van der Waals surface area contributed by atoms with Crippen LogP contribution in [0, 0.1) is 5.82 Å². The highest BCUT2D eigenvalue weighted by Crippen LogP contribution is 2.21. The molecule has 0 radical (unpaired) electrons. The van der Waals surface area contributed by atoms with E-state index < -0.39 is 11.7 Å². The Kier molecular flexibility index (Phi) is 4.24. The summed E-state index contributed by atoms with van der Waals surface area (Å²) in [6.07, 6.45) is 1.53. The third-order valence-corrected chi connectivity index (χ3v) is 4.23. The van der Waals surface area contributed by atoms with Crippen LogP contribution in [0.4, 0.5) is 9.52 Å². The van der Waals surface area contributed by atoms with E-state index in [-0.39, 0.29) is 11.4 Å². The van der Waals surface area contributed by atoms with E-state index in [1.807, 2.05) is 30.3 Å². The van der Waals surface area contributed by atoms with Crippen molar-refractivity contribution in [3.63, 3.8) is 0 Å². The normalized spacial score (nSPS) is 10.7. The van der Waals surface area contributed by atoms with Crippen LogP contribution in [-0.4, -0.2) is 25.0 Å². The van der Waals surface area contributed by atoms with E-state index in [1.54, 1.807) is 18.2 Å². The van der Waals surface area contributed by atoms with Gasteiger partial charge in [0.25, 0.3) is 5.91 Å². The topological polar surface area (TPSA) is 72.7 Å². The van der Waals surface area contributed by atoms with Crippen LogP contribution >= 0.6 is 11.5 Å². The van der Waals surface area contributed by atoms with E-state index in [0.29, 0.717) is 11.0 Å². The second-order valence-electron chi connectivity index (χ2n) is 5.34. The highest BCUT2D eigenvalue weighted by molar-refractivity contribution is 7.10. The van der Waals surface area contributed by atoms with Gasteiger partial charge >= 0.3 is 0 Å². The fourth-order valence-corrected chi connectivity index (χ4v) is 2.94. The number of amides is 1. The second kappa shape index (κ2) is 6.85. The van der Waals surface area contributed by atoms with Crippen LogP contribution in [0.1, 0.15) is 10.5 Å². The lowest BCUT2D eigenvalue weighted by Crippen LogP contribution is -2.13. The molecule has 0 aliphatic heterocycles. The lowest BCUT2D eigenvalue weighted by Gasteiger charge is -2.02. The van der Waals surface area contributed by atoms with E-state index in [1.165, 1.54) is 23.0 Å². The monoisotopic (exact) mass is 365 g/mol. The predicted molar refractivity (Wildman–Crippen MR) is 96.8 cm³/mol. The molecule has 2 heterocycles. The molecule has 0 saturated heterocycles. The van der Waals surface area contributed by atoms with E-state index >= 15 is 0 Å². The molecule has 0 aliphatic carbocycles. The van der Waals surface area contributed by atoms with Crippen molar-refractivity contribution in [2.75, 3.05) is 5.32 Å². The smallest absolute Gasteiger partial charge is 0.277 e. The lowest BCUT2D eigenvalue weighted by atomic mass is 10.2. The van der Waals surface area contributed by atoms with Crippen LogP contribution in [0.15, 0.2) is 66.9 Å². The summed E-state index contributed by atoms with van der Waals surface area (Å²) in [6.45, 7) is 0. The van der Waals surface area contributed by atoms with E-state index in [9.17, 15) is 9.18 Å². The molecule has 4 aromatic rings. The van der Waals surface area contributed by atoms with E-state index in [4.69, 9.17) is 0 Å². The summed E-state index contributed by atoms with van der Waals surface area (Å²) >= 11 is 1.09. The molecule has 0 fully saturated rings. The van der Waals surface area contributed by atoms with Gasteiger partial charge in [0.2, 0.25) is 5.13 Å². The number of anilines is 1. The van der Waals surface area contributed by atoms with Gasteiger partial charge in [0, 0.05) is 23.3 Å². The largest absolute Gasteiger partial charge is 0.295 e. The molecule has 8 heteroatoms. The zero-order chi connectivity index (χ0) is 17.9. The Labute approximate surface area is 152 Å². The third kappa shape index (κ3) is 3.22. The summed E-state index contributed by atoms with van der Waals surface area (Å²) in [6, 6.07) is 17.2. The SMILES string of the molecule is O=C(Nc1nc(-c2ccccc2)ns1)c1ccn(-c2ccccc2F)n1. The number of rotatable bonds is 4. The Hall–Kier alpha value is -3.39. The summed E-state index contributed by atoms with van der Waals surface area (Å²) in [4.78, 5) is 16.7. The van der Waals surface area contributed by atoms with Crippen molar-refractivity contribution in [3.8, 4) is 17.1 Å².